The standard InChI is InChI=1S/C21H31NO14/c1-10(25)22-20(36-35-19-17(29)16(28)14(26)12(7-23)33-19)18(30)15(27)13(8-24)34-21(20,31)32-9-11-5-3-2-4-6-11/h2-6,12-19,23-24,26-31H,7-9H2,1H3,(H,22,25)/t12-,13-,14+,15-,16+,17-,18+,19?,20-,21-/m1/s1. The van der Waals surface area contributed by atoms with Crippen LogP contribution in [0, 0.1) is 0 Å². The minimum atomic E-state index is -3.13. The molecule has 1 amide bonds. The number of amides is 1. The lowest BCUT2D eigenvalue weighted by atomic mass is 9.91. The van der Waals surface area contributed by atoms with E-state index in [2.05, 4.69) is 5.32 Å². The summed E-state index contributed by atoms with van der Waals surface area (Å²) in [6.07, 6.45) is -14.8. The number of hydrogen-bond acceptors (Lipinski definition) is 14. The first-order valence-electron chi connectivity index (χ1n) is 11.0. The van der Waals surface area contributed by atoms with Gasteiger partial charge in [0.1, 0.15) is 42.7 Å². The van der Waals surface area contributed by atoms with E-state index >= 15 is 0 Å². The van der Waals surface area contributed by atoms with Crippen LogP contribution in [0.2, 0.25) is 0 Å². The van der Waals surface area contributed by atoms with Gasteiger partial charge in [-0.25, -0.2) is 0 Å². The molecular formula is C21H31NO14. The second-order valence-corrected chi connectivity index (χ2v) is 8.42. The first-order valence-corrected chi connectivity index (χ1v) is 11.0. The molecule has 204 valence electrons. The molecular weight excluding hydrogens is 490 g/mol. The van der Waals surface area contributed by atoms with Crippen LogP contribution in [0.5, 0.6) is 0 Å². The Kier molecular flexibility index (Phi) is 9.34. The maximum absolute atomic E-state index is 12.1. The van der Waals surface area contributed by atoms with Crippen molar-refractivity contribution in [1.82, 2.24) is 5.32 Å². The van der Waals surface area contributed by atoms with Gasteiger partial charge in [-0.1, -0.05) is 30.3 Å². The molecule has 15 heteroatoms. The molecule has 1 unspecified atom stereocenters. The first-order chi connectivity index (χ1) is 17.0. The summed E-state index contributed by atoms with van der Waals surface area (Å²) in [5.74, 6) is -4.07. The molecule has 0 radical (unpaired) electrons. The fourth-order valence-electron chi connectivity index (χ4n) is 3.84. The highest BCUT2D eigenvalue weighted by molar-refractivity contribution is 5.74. The number of aliphatic hydroxyl groups excluding tert-OH is 7. The second kappa shape index (κ2) is 11.7. The van der Waals surface area contributed by atoms with Crippen molar-refractivity contribution in [3.63, 3.8) is 0 Å². The zero-order chi connectivity index (χ0) is 26.7. The molecule has 10 atom stereocenters. The second-order valence-electron chi connectivity index (χ2n) is 8.42. The maximum Gasteiger partial charge on any atom is 0.338 e. The molecule has 2 fully saturated rings. The number of aliphatic hydroxyl groups is 8. The summed E-state index contributed by atoms with van der Waals surface area (Å²) in [5.41, 5.74) is -2.46. The third-order valence-electron chi connectivity index (χ3n) is 5.84. The molecule has 0 spiro atoms. The quantitative estimate of drug-likeness (QED) is 0.0847. The van der Waals surface area contributed by atoms with E-state index in [0.29, 0.717) is 5.56 Å². The van der Waals surface area contributed by atoms with Gasteiger partial charge in [-0.15, -0.1) is 0 Å². The summed E-state index contributed by atoms with van der Waals surface area (Å²) in [7, 11) is 0. The normalized spacial score (nSPS) is 41.1. The fourth-order valence-corrected chi connectivity index (χ4v) is 3.84. The highest BCUT2D eigenvalue weighted by Crippen LogP contribution is 2.40. The largest absolute Gasteiger partial charge is 0.394 e. The van der Waals surface area contributed by atoms with Crippen molar-refractivity contribution in [3.8, 4) is 0 Å². The smallest absolute Gasteiger partial charge is 0.338 e. The van der Waals surface area contributed by atoms with Crippen molar-refractivity contribution < 1.29 is 69.6 Å². The summed E-state index contributed by atoms with van der Waals surface area (Å²) < 4.78 is 15.9. The van der Waals surface area contributed by atoms with Crippen LogP contribution < -0.4 is 5.32 Å². The number of carbonyl (C=O) groups excluding carboxylic acids is 1. The van der Waals surface area contributed by atoms with Gasteiger partial charge in [0, 0.05) is 6.92 Å². The molecule has 9 N–H and O–H groups in total. The molecule has 2 heterocycles. The van der Waals surface area contributed by atoms with Crippen molar-refractivity contribution in [2.75, 3.05) is 13.2 Å². The number of benzene rings is 1. The topological polar surface area (TPSA) is 237 Å². The number of nitrogens with one attached hydrogen (secondary N) is 1. The first kappa shape index (κ1) is 28.7. The van der Waals surface area contributed by atoms with Gasteiger partial charge < -0.3 is 60.4 Å². The van der Waals surface area contributed by atoms with Crippen molar-refractivity contribution >= 4 is 5.91 Å². The van der Waals surface area contributed by atoms with Crippen LogP contribution in [-0.2, 0) is 35.4 Å². The molecule has 1 aromatic carbocycles. The highest BCUT2D eigenvalue weighted by atomic mass is 17.2. The predicted molar refractivity (Wildman–Crippen MR) is 113 cm³/mol. The van der Waals surface area contributed by atoms with E-state index in [1.165, 1.54) is 0 Å². The van der Waals surface area contributed by atoms with Gasteiger partial charge >= 0.3 is 5.97 Å². The van der Waals surface area contributed by atoms with Crippen LogP contribution >= 0.6 is 0 Å². The van der Waals surface area contributed by atoms with Crippen LogP contribution in [-0.4, -0.2) is 121 Å². The Morgan fingerprint density at radius 1 is 0.972 bits per heavy atom. The average Bonchev–Trinajstić information content (AvgIpc) is 2.87. The molecule has 0 aromatic heterocycles. The van der Waals surface area contributed by atoms with Gasteiger partial charge in [0.25, 0.3) is 5.72 Å². The number of ether oxygens (including phenoxy) is 3. The molecule has 3 rings (SSSR count). The Morgan fingerprint density at radius 2 is 1.61 bits per heavy atom. The monoisotopic (exact) mass is 521 g/mol. The zero-order valence-corrected chi connectivity index (χ0v) is 19.2. The summed E-state index contributed by atoms with van der Waals surface area (Å²) in [5, 5.41) is 83.9. The lowest BCUT2D eigenvalue weighted by molar-refractivity contribution is -0.563. The maximum atomic E-state index is 12.1. The van der Waals surface area contributed by atoms with Crippen LogP contribution in [0.3, 0.4) is 0 Å². The zero-order valence-electron chi connectivity index (χ0n) is 19.2. The predicted octanol–water partition coefficient (Wildman–Crippen LogP) is -4.46. The summed E-state index contributed by atoms with van der Waals surface area (Å²) in [6, 6.07) is 8.29. The molecule has 36 heavy (non-hydrogen) atoms. The lowest BCUT2D eigenvalue weighted by Crippen LogP contribution is -2.80. The van der Waals surface area contributed by atoms with Crippen LogP contribution in [0.1, 0.15) is 12.5 Å². The Labute approximate surface area is 204 Å². The molecule has 2 saturated heterocycles. The van der Waals surface area contributed by atoms with E-state index in [9.17, 15) is 45.6 Å². The molecule has 0 bridgehead atoms. The van der Waals surface area contributed by atoms with Crippen molar-refractivity contribution in [3.05, 3.63) is 35.9 Å². The van der Waals surface area contributed by atoms with Gasteiger partial charge in [0.05, 0.1) is 19.8 Å². The van der Waals surface area contributed by atoms with Gasteiger partial charge in [0.2, 0.25) is 12.2 Å². The Balaban J connectivity index is 1.95. The molecule has 0 aliphatic carbocycles. The summed E-state index contributed by atoms with van der Waals surface area (Å²) in [6.45, 7) is -1.11. The van der Waals surface area contributed by atoms with Gasteiger partial charge in [-0.3, -0.25) is 4.79 Å². The number of carbonyl (C=O) groups is 1. The minimum absolute atomic E-state index is 0.386. The van der Waals surface area contributed by atoms with E-state index in [1.54, 1.807) is 30.3 Å². The van der Waals surface area contributed by atoms with E-state index in [1.807, 2.05) is 0 Å². The third-order valence-corrected chi connectivity index (χ3v) is 5.84. The number of rotatable bonds is 9. The fraction of sp³-hybridized carbons (Fsp3) is 0.667. The van der Waals surface area contributed by atoms with E-state index < -0.39 is 79.8 Å². The van der Waals surface area contributed by atoms with Crippen molar-refractivity contribution in [2.45, 2.75) is 74.2 Å². The van der Waals surface area contributed by atoms with Gasteiger partial charge in [0.15, 0.2) is 0 Å². The van der Waals surface area contributed by atoms with Gasteiger partial charge in [-0.2, -0.15) is 9.78 Å². The molecule has 2 aliphatic heterocycles. The molecule has 15 nitrogen and oxygen atoms in total. The van der Waals surface area contributed by atoms with Crippen LogP contribution in [0.4, 0.5) is 0 Å². The molecule has 1 aromatic rings. The van der Waals surface area contributed by atoms with Crippen molar-refractivity contribution in [2.24, 2.45) is 0 Å². The van der Waals surface area contributed by atoms with E-state index in [4.69, 9.17) is 24.0 Å². The van der Waals surface area contributed by atoms with Crippen LogP contribution in [0.15, 0.2) is 30.3 Å². The average molecular weight is 521 g/mol. The lowest BCUT2D eigenvalue weighted by Gasteiger charge is -2.53. The van der Waals surface area contributed by atoms with E-state index in [-0.39, 0.29) is 6.61 Å². The summed E-state index contributed by atoms with van der Waals surface area (Å²) in [4.78, 5) is 22.3. The SMILES string of the molecule is CC(=O)N[C@@]1(OOC2O[C@H](CO)[C@H](O)[C@H](O)[C@H]2O)[C@@H](O)[C@H](O)[C@@H](CO)O[C@]1(O)OCc1ccccc1. The Hall–Kier alpha value is -1.83. The molecule has 2 aliphatic rings. The third kappa shape index (κ3) is 5.53. The van der Waals surface area contributed by atoms with Gasteiger partial charge in [-0.05, 0) is 5.56 Å². The summed E-state index contributed by atoms with van der Waals surface area (Å²) >= 11 is 0. The highest BCUT2D eigenvalue weighted by Gasteiger charge is 2.69. The van der Waals surface area contributed by atoms with Crippen LogP contribution in [0.25, 0.3) is 0 Å². The van der Waals surface area contributed by atoms with E-state index in [0.717, 1.165) is 6.92 Å². The Morgan fingerprint density at radius 3 is 2.19 bits per heavy atom. The molecule has 0 saturated carbocycles. The van der Waals surface area contributed by atoms with Crippen molar-refractivity contribution in [1.29, 1.82) is 0 Å². The number of hydrogen-bond donors (Lipinski definition) is 9. The Bertz CT molecular complexity index is 860. The minimum Gasteiger partial charge on any atom is -0.394 e.